The fourth-order valence-electron chi connectivity index (χ4n) is 6.21. The molecule has 48 heavy (non-hydrogen) atoms. The maximum absolute atomic E-state index is 13.4. The molecule has 0 aromatic heterocycles. The lowest BCUT2D eigenvalue weighted by molar-refractivity contribution is -0.125. The third kappa shape index (κ3) is 6.24. The summed E-state index contributed by atoms with van der Waals surface area (Å²) in [6.07, 6.45) is 2.79. The third-order valence-corrected chi connectivity index (χ3v) is 8.60. The zero-order chi connectivity index (χ0) is 33.6. The second-order valence-electron chi connectivity index (χ2n) is 11.7. The molecule has 0 radical (unpaired) electrons. The largest absolute Gasteiger partial charge is 0.354 e. The fourth-order valence-corrected chi connectivity index (χ4v) is 6.21. The van der Waals surface area contributed by atoms with Crippen LogP contribution < -0.4 is 10.6 Å². The van der Waals surface area contributed by atoms with Gasteiger partial charge >= 0.3 is 0 Å². The number of hydrogen-bond acceptors (Lipinski definition) is 6. The highest BCUT2D eigenvalue weighted by molar-refractivity contribution is 6.23. The molecule has 0 aliphatic carbocycles. The number of nitrogens with one attached hydrogen (secondary N) is 2. The predicted octanol–water partition coefficient (Wildman–Crippen LogP) is 4.85. The molecule has 6 rings (SSSR count). The predicted molar refractivity (Wildman–Crippen MR) is 177 cm³/mol. The second kappa shape index (κ2) is 14.3. The van der Waals surface area contributed by atoms with Crippen LogP contribution >= 0.6 is 0 Å². The zero-order valence-electron chi connectivity index (χ0n) is 26.1. The molecule has 0 unspecified atom stereocenters. The molecule has 2 heterocycles. The van der Waals surface area contributed by atoms with Crippen molar-refractivity contribution in [2.24, 2.45) is 0 Å². The molecule has 0 fully saturated rings. The van der Waals surface area contributed by atoms with E-state index >= 15 is 0 Å². The molecule has 10 heteroatoms. The highest BCUT2D eigenvalue weighted by atomic mass is 16.2. The molecule has 10 nitrogen and oxygen atoms in total. The van der Waals surface area contributed by atoms with Crippen molar-refractivity contribution in [3.63, 3.8) is 0 Å². The Balaban J connectivity index is 0.999. The molecular weight excluding hydrogens is 608 g/mol. The summed E-state index contributed by atoms with van der Waals surface area (Å²) in [7, 11) is 0. The molecule has 2 atom stereocenters. The third-order valence-electron chi connectivity index (χ3n) is 8.60. The first-order valence-electron chi connectivity index (χ1n) is 16.0. The summed E-state index contributed by atoms with van der Waals surface area (Å²) in [6, 6.07) is 28.4. The molecule has 0 saturated heterocycles. The number of rotatable bonds is 13. The first-order valence-corrected chi connectivity index (χ1v) is 16.0. The second-order valence-corrected chi connectivity index (χ2v) is 11.7. The molecule has 242 valence electrons. The van der Waals surface area contributed by atoms with Crippen LogP contribution in [-0.4, -0.2) is 58.3 Å². The van der Waals surface area contributed by atoms with E-state index in [2.05, 4.69) is 10.6 Å². The highest BCUT2D eigenvalue weighted by Crippen LogP contribution is 2.33. The van der Waals surface area contributed by atoms with Gasteiger partial charge in [0.05, 0.1) is 22.3 Å². The van der Waals surface area contributed by atoms with E-state index in [0.717, 1.165) is 22.6 Å². The number of carbonyl (C=O) groups excluding carboxylic acids is 6. The van der Waals surface area contributed by atoms with E-state index in [1.807, 2.05) is 0 Å². The summed E-state index contributed by atoms with van der Waals surface area (Å²) in [5.74, 6) is -2.89. The Morgan fingerprint density at radius 3 is 1.04 bits per heavy atom. The van der Waals surface area contributed by atoms with Gasteiger partial charge in [-0.2, -0.15) is 0 Å². The van der Waals surface area contributed by atoms with Crippen molar-refractivity contribution >= 4 is 35.4 Å². The van der Waals surface area contributed by atoms with Crippen molar-refractivity contribution < 1.29 is 28.8 Å². The molecule has 2 aliphatic heterocycles. The number of hydrogen-bond donors (Lipinski definition) is 2. The van der Waals surface area contributed by atoms with Gasteiger partial charge < -0.3 is 10.6 Å². The number of imide groups is 2. The standard InChI is InChI=1S/C38H34N4O6/c43-33(31(25-15-5-3-6-16-25)41-35(45)27-19-9-10-20-28(27)36(41)46)39-23-13-1-2-14-24-40-34(44)32(26-17-7-4-8-18-26)42-37(47)29-21-11-12-22-30(29)38(42)48/h3-12,15-22,31-32H,1-2,13-14,23-24H2,(H,39,43)(H,40,44)/t31-,32+. The Morgan fingerprint density at radius 2 is 0.729 bits per heavy atom. The Hall–Kier alpha value is -5.90. The lowest BCUT2D eigenvalue weighted by Gasteiger charge is -2.26. The zero-order valence-corrected chi connectivity index (χ0v) is 26.1. The summed E-state index contributed by atoms with van der Waals surface area (Å²) in [4.78, 5) is 81.7. The number of fused-ring (bicyclic) bond motifs is 2. The van der Waals surface area contributed by atoms with Gasteiger partial charge in [0.25, 0.3) is 23.6 Å². The van der Waals surface area contributed by atoms with Crippen LogP contribution in [0.15, 0.2) is 109 Å². The number of nitrogens with zero attached hydrogens (tertiary/aromatic N) is 2. The molecule has 0 spiro atoms. The summed E-state index contributed by atoms with van der Waals surface area (Å²) < 4.78 is 0. The van der Waals surface area contributed by atoms with Gasteiger partial charge in [0.15, 0.2) is 0 Å². The Morgan fingerprint density at radius 1 is 0.438 bits per heavy atom. The van der Waals surface area contributed by atoms with Gasteiger partial charge in [-0.1, -0.05) is 97.8 Å². The van der Waals surface area contributed by atoms with Crippen LogP contribution in [0.25, 0.3) is 0 Å². The number of carbonyl (C=O) groups is 6. The number of unbranched alkanes of at least 4 members (excludes halogenated alkanes) is 3. The minimum Gasteiger partial charge on any atom is -0.354 e. The summed E-state index contributed by atoms with van der Waals surface area (Å²) in [5.41, 5.74) is 2.19. The van der Waals surface area contributed by atoms with E-state index in [-0.39, 0.29) is 22.3 Å². The minimum absolute atomic E-state index is 0.280. The van der Waals surface area contributed by atoms with Crippen LogP contribution in [-0.2, 0) is 9.59 Å². The van der Waals surface area contributed by atoms with E-state index in [0.29, 0.717) is 37.1 Å². The monoisotopic (exact) mass is 642 g/mol. The van der Waals surface area contributed by atoms with Crippen molar-refractivity contribution in [3.05, 3.63) is 143 Å². The van der Waals surface area contributed by atoms with Crippen molar-refractivity contribution in [1.29, 1.82) is 0 Å². The van der Waals surface area contributed by atoms with Gasteiger partial charge in [0, 0.05) is 13.1 Å². The molecule has 6 amide bonds. The van der Waals surface area contributed by atoms with Crippen LogP contribution in [0, 0.1) is 0 Å². The molecule has 0 bridgehead atoms. The van der Waals surface area contributed by atoms with Crippen molar-refractivity contribution in [1.82, 2.24) is 20.4 Å². The van der Waals surface area contributed by atoms with Crippen LogP contribution in [0.2, 0.25) is 0 Å². The number of benzene rings is 4. The number of amides is 6. The van der Waals surface area contributed by atoms with Gasteiger partial charge in [-0.05, 0) is 48.2 Å². The fraction of sp³-hybridized carbons (Fsp3) is 0.211. The molecule has 4 aromatic rings. The Bertz CT molecular complexity index is 1670. The SMILES string of the molecule is O=C(NCCCCCCNC(=O)[C@@H](c1ccccc1)N1C(=O)c2ccccc2C1=O)[C@H](c1ccccc1)N1C(=O)c2ccccc2C1=O. The molecule has 0 saturated carbocycles. The lowest BCUT2D eigenvalue weighted by Crippen LogP contribution is -2.43. The van der Waals surface area contributed by atoms with E-state index < -0.39 is 47.5 Å². The van der Waals surface area contributed by atoms with E-state index in [1.54, 1.807) is 109 Å². The summed E-state index contributed by atoms with van der Waals surface area (Å²) in [5, 5.41) is 5.78. The Kier molecular flexibility index (Phi) is 9.52. The van der Waals surface area contributed by atoms with Crippen LogP contribution in [0.3, 0.4) is 0 Å². The maximum atomic E-state index is 13.4. The molecule has 2 N–H and O–H groups in total. The average Bonchev–Trinajstić information content (AvgIpc) is 3.51. The first kappa shape index (κ1) is 32.1. The molecule has 4 aromatic carbocycles. The van der Waals surface area contributed by atoms with E-state index in [9.17, 15) is 28.8 Å². The molecular formula is C38H34N4O6. The maximum Gasteiger partial charge on any atom is 0.262 e. The van der Waals surface area contributed by atoms with E-state index in [4.69, 9.17) is 0 Å². The van der Waals surface area contributed by atoms with Crippen molar-refractivity contribution in [2.45, 2.75) is 37.8 Å². The normalized spacial score (nSPS) is 14.8. The lowest BCUT2D eigenvalue weighted by atomic mass is 10.0. The average molecular weight is 643 g/mol. The van der Waals surface area contributed by atoms with Gasteiger partial charge in [-0.25, -0.2) is 0 Å². The van der Waals surface area contributed by atoms with Gasteiger partial charge in [-0.3, -0.25) is 38.6 Å². The highest BCUT2D eigenvalue weighted by Gasteiger charge is 2.44. The topological polar surface area (TPSA) is 133 Å². The quantitative estimate of drug-likeness (QED) is 0.158. The van der Waals surface area contributed by atoms with Crippen LogP contribution in [0.5, 0.6) is 0 Å². The first-order chi connectivity index (χ1) is 23.4. The summed E-state index contributed by atoms with van der Waals surface area (Å²) in [6.45, 7) is 0.682. The van der Waals surface area contributed by atoms with E-state index in [1.165, 1.54) is 0 Å². The van der Waals surface area contributed by atoms with Crippen LogP contribution in [0.4, 0.5) is 0 Å². The Labute approximate surface area is 277 Å². The van der Waals surface area contributed by atoms with Gasteiger partial charge in [-0.15, -0.1) is 0 Å². The smallest absolute Gasteiger partial charge is 0.262 e. The van der Waals surface area contributed by atoms with Crippen LogP contribution in [0.1, 0.15) is 90.3 Å². The van der Waals surface area contributed by atoms with Gasteiger partial charge in [0.2, 0.25) is 11.8 Å². The van der Waals surface area contributed by atoms with Crippen molar-refractivity contribution in [3.8, 4) is 0 Å². The van der Waals surface area contributed by atoms with Gasteiger partial charge in [0.1, 0.15) is 12.1 Å². The molecule has 2 aliphatic rings. The minimum atomic E-state index is -1.10. The summed E-state index contributed by atoms with van der Waals surface area (Å²) >= 11 is 0. The van der Waals surface area contributed by atoms with Crippen molar-refractivity contribution in [2.75, 3.05) is 13.1 Å².